The van der Waals surface area contributed by atoms with Crippen molar-refractivity contribution < 1.29 is 33.6 Å². The van der Waals surface area contributed by atoms with E-state index in [9.17, 15) is 14.7 Å². The van der Waals surface area contributed by atoms with Gasteiger partial charge in [-0.3, -0.25) is 9.69 Å². The predicted octanol–water partition coefficient (Wildman–Crippen LogP) is -0.163. The number of carboxylic acids is 1. The fraction of sp³-hybridized carbons (Fsp3) is 0.348. The summed E-state index contributed by atoms with van der Waals surface area (Å²) in [5.74, 6) is -1.13. The molecule has 3 rings (SSSR count). The minimum Gasteiger partial charge on any atom is -0.550 e. The summed E-state index contributed by atoms with van der Waals surface area (Å²) < 4.78 is 0. The molecule has 0 saturated carbocycles. The standard InChI is InChI=1S/C23H26ClN3O3S.Li/c1-16-8-5-11-18(24)21(16)26(13-6-12-19(28)29)14-7-15-27-22(30)20(25-23(27)31)17-9-3-2-4-10-17;/h2-5,8-11,20H,6-7,12-15H2,1H3,(H,25,31)(H,28,29);/q;+1/p-1. The Morgan fingerprint density at radius 2 is 1.84 bits per heavy atom. The molecule has 1 atom stereocenters. The Labute approximate surface area is 211 Å². The second kappa shape index (κ2) is 12.3. The number of hydrogen-bond acceptors (Lipinski definition) is 5. The Morgan fingerprint density at radius 1 is 1.16 bits per heavy atom. The number of aliphatic carboxylic acids is 1. The molecule has 1 amide bonds. The van der Waals surface area contributed by atoms with Gasteiger partial charge in [0.1, 0.15) is 6.04 Å². The number of halogens is 1. The van der Waals surface area contributed by atoms with Crippen LogP contribution in [0.2, 0.25) is 5.02 Å². The number of carbonyl (C=O) groups is 2. The number of aryl methyl sites for hydroxylation is 1. The molecule has 1 heterocycles. The summed E-state index contributed by atoms with van der Waals surface area (Å²) >= 11 is 11.8. The van der Waals surface area contributed by atoms with Gasteiger partial charge >= 0.3 is 18.9 Å². The molecule has 0 spiro atoms. The van der Waals surface area contributed by atoms with Crippen molar-refractivity contribution in [3.8, 4) is 0 Å². The summed E-state index contributed by atoms with van der Waals surface area (Å²) in [6.45, 7) is 3.58. The summed E-state index contributed by atoms with van der Waals surface area (Å²) in [6, 6.07) is 14.7. The maximum atomic E-state index is 12.9. The number of anilines is 1. The number of benzene rings is 2. The number of rotatable bonds is 10. The van der Waals surface area contributed by atoms with Crippen LogP contribution in [-0.4, -0.2) is 41.5 Å². The molecule has 0 aliphatic carbocycles. The molecule has 0 aromatic heterocycles. The summed E-state index contributed by atoms with van der Waals surface area (Å²) in [7, 11) is 0. The zero-order chi connectivity index (χ0) is 22.4. The van der Waals surface area contributed by atoms with Crippen LogP contribution in [0.25, 0.3) is 0 Å². The van der Waals surface area contributed by atoms with Crippen molar-refractivity contribution >= 4 is 46.5 Å². The fourth-order valence-electron chi connectivity index (χ4n) is 3.80. The molecule has 1 fully saturated rings. The Morgan fingerprint density at radius 3 is 2.50 bits per heavy atom. The molecule has 2 aromatic rings. The SMILES string of the molecule is Cc1cccc(Cl)c1N(CCCC(=O)[O-])CCCN1C(=O)C(c2ccccc2)NC1=S.[Li+]. The van der Waals surface area contributed by atoms with Gasteiger partial charge in [-0.05, 0) is 55.6 Å². The smallest absolute Gasteiger partial charge is 0.550 e. The maximum absolute atomic E-state index is 12.9. The Hall–Kier alpha value is -2.04. The molecule has 2 aromatic carbocycles. The van der Waals surface area contributed by atoms with Crippen molar-refractivity contribution in [2.75, 3.05) is 24.5 Å². The van der Waals surface area contributed by atoms with E-state index in [4.69, 9.17) is 23.8 Å². The van der Waals surface area contributed by atoms with Gasteiger partial charge in [0.25, 0.3) is 5.91 Å². The maximum Gasteiger partial charge on any atom is 1.00 e. The van der Waals surface area contributed by atoms with Crippen molar-refractivity contribution in [1.82, 2.24) is 10.2 Å². The van der Waals surface area contributed by atoms with Gasteiger partial charge in [0.2, 0.25) is 0 Å². The van der Waals surface area contributed by atoms with Crippen molar-refractivity contribution in [3.63, 3.8) is 0 Å². The van der Waals surface area contributed by atoms with Crippen LogP contribution in [0.15, 0.2) is 48.5 Å². The van der Waals surface area contributed by atoms with E-state index in [1.165, 1.54) is 0 Å². The van der Waals surface area contributed by atoms with Crippen LogP contribution in [0.4, 0.5) is 5.69 Å². The van der Waals surface area contributed by atoms with Gasteiger partial charge in [0.15, 0.2) is 5.11 Å². The largest absolute Gasteiger partial charge is 1.00 e. The number of nitrogens with zero attached hydrogens (tertiary/aromatic N) is 2. The summed E-state index contributed by atoms with van der Waals surface area (Å²) in [4.78, 5) is 27.4. The van der Waals surface area contributed by atoms with E-state index in [0.29, 0.717) is 42.6 Å². The third-order valence-electron chi connectivity index (χ3n) is 5.28. The molecule has 1 aliphatic rings. The Balaban J connectivity index is 0.00000363. The number of carboxylic acid groups (broad SMARTS) is 1. The molecule has 1 N–H and O–H groups in total. The average Bonchev–Trinajstić information content (AvgIpc) is 3.02. The quantitative estimate of drug-likeness (QED) is 0.388. The molecule has 0 radical (unpaired) electrons. The van der Waals surface area contributed by atoms with E-state index < -0.39 is 12.0 Å². The molecule has 1 aliphatic heterocycles. The predicted molar refractivity (Wildman–Crippen MR) is 124 cm³/mol. The van der Waals surface area contributed by atoms with Crippen molar-refractivity contribution in [1.29, 1.82) is 0 Å². The van der Waals surface area contributed by atoms with Gasteiger partial charge in [-0.25, -0.2) is 0 Å². The molecular weight excluding hydrogens is 441 g/mol. The first-order valence-electron chi connectivity index (χ1n) is 10.2. The minimum atomic E-state index is -1.07. The third-order valence-corrected chi connectivity index (χ3v) is 5.93. The summed E-state index contributed by atoms with van der Waals surface area (Å²) in [6.07, 6.45) is 1.09. The van der Waals surface area contributed by atoms with E-state index in [0.717, 1.165) is 16.8 Å². The zero-order valence-electron chi connectivity index (χ0n) is 18.3. The molecule has 1 unspecified atom stereocenters. The number of para-hydroxylation sites is 1. The summed E-state index contributed by atoms with van der Waals surface area (Å²) in [5.41, 5.74) is 2.78. The Kier molecular flexibility index (Phi) is 10.0. The van der Waals surface area contributed by atoms with Gasteiger partial charge in [0, 0.05) is 25.6 Å². The second-order valence-electron chi connectivity index (χ2n) is 7.50. The molecule has 32 heavy (non-hydrogen) atoms. The molecule has 9 heteroatoms. The zero-order valence-corrected chi connectivity index (χ0v) is 19.9. The molecular formula is C23H25ClLiN3O3S. The second-order valence-corrected chi connectivity index (χ2v) is 8.30. The van der Waals surface area contributed by atoms with Crippen LogP contribution in [0.5, 0.6) is 0 Å². The van der Waals surface area contributed by atoms with E-state index in [1.54, 1.807) is 4.90 Å². The third kappa shape index (κ3) is 6.49. The van der Waals surface area contributed by atoms with Crippen LogP contribution in [0, 0.1) is 6.92 Å². The van der Waals surface area contributed by atoms with E-state index in [1.807, 2.05) is 55.5 Å². The van der Waals surface area contributed by atoms with Crippen molar-refractivity contribution in [2.45, 2.75) is 32.2 Å². The van der Waals surface area contributed by atoms with Gasteiger partial charge < -0.3 is 20.1 Å². The Bertz CT molecular complexity index is 941. The van der Waals surface area contributed by atoms with Crippen LogP contribution in [0.3, 0.4) is 0 Å². The van der Waals surface area contributed by atoms with Crippen LogP contribution >= 0.6 is 23.8 Å². The molecule has 164 valence electrons. The van der Waals surface area contributed by atoms with E-state index in [2.05, 4.69) is 10.2 Å². The average molecular weight is 466 g/mol. The summed E-state index contributed by atoms with van der Waals surface area (Å²) in [5, 5.41) is 15.0. The van der Waals surface area contributed by atoms with Gasteiger partial charge in [-0.2, -0.15) is 0 Å². The molecule has 6 nitrogen and oxygen atoms in total. The van der Waals surface area contributed by atoms with Crippen LogP contribution in [0.1, 0.15) is 36.4 Å². The monoisotopic (exact) mass is 465 g/mol. The van der Waals surface area contributed by atoms with E-state index >= 15 is 0 Å². The van der Waals surface area contributed by atoms with E-state index in [-0.39, 0.29) is 31.2 Å². The number of hydrogen-bond donors (Lipinski definition) is 1. The topological polar surface area (TPSA) is 75.7 Å². The number of amides is 1. The number of nitrogens with one attached hydrogen (secondary N) is 1. The molecule has 1 saturated heterocycles. The first kappa shape index (κ1) is 26.2. The normalized spacial score (nSPS) is 15.3. The number of carbonyl (C=O) groups excluding carboxylic acids is 2. The van der Waals surface area contributed by atoms with Crippen molar-refractivity contribution in [2.24, 2.45) is 0 Å². The van der Waals surface area contributed by atoms with Gasteiger partial charge in [-0.1, -0.05) is 54.1 Å². The molecule has 0 bridgehead atoms. The first-order chi connectivity index (χ1) is 14.9. The van der Waals surface area contributed by atoms with Crippen LogP contribution in [-0.2, 0) is 9.59 Å². The van der Waals surface area contributed by atoms with Crippen LogP contribution < -0.4 is 34.2 Å². The number of thiocarbonyl (C=S) groups is 1. The van der Waals surface area contributed by atoms with Gasteiger partial charge in [-0.15, -0.1) is 0 Å². The minimum absolute atomic E-state index is 0. The van der Waals surface area contributed by atoms with Gasteiger partial charge in [0.05, 0.1) is 10.7 Å². The fourth-order valence-corrected chi connectivity index (χ4v) is 4.44. The first-order valence-corrected chi connectivity index (χ1v) is 11.0. The van der Waals surface area contributed by atoms with Crippen molar-refractivity contribution in [3.05, 3.63) is 64.7 Å².